The van der Waals surface area contributed by atoms with Crippen molar-refractivity contribution in [2.45, 2.75) is 18.9 Å². The van der Waals surface area contributed by atoms with Crippen LogP contribution < -0.4 is 5.73 Å². The van der Waals surface area contributed by atoms with Crippen molar-refractivity contribution in [3.05, 3.63) is 39.7 Å². The zero-order valence-electron chi connectivity index (χ0n) is 10.6. The smallest absolute Gasteiger partial charge is 0.272 e. The van der Waals surface area contributed by atoms with E-state index in [1.54, 1.807) is 0 Å². The number of nitro benzene ring substituents is 1. The predicted molar refractivity (Wildman–Crippen MR) is 73.4 cm³/mol. The van der Waals surface area contributed by atoms with Crippen molar-refractivity contribution in [3.8, 4) is 0 Å². The Morgan fingerprint density at radius 2 is 2.00 bits per heavy atom. The topological polar surface area (TPSA) is 89.5 Å². The molecule has 1 aromatic rings. The first-order valence-electron chi connectivity index (χ1n) is 5.98. The van der Waals surface area contributed by atoms with Gasteiger partial charge in [-0.1, -0.05) is 0 Å². The molecule has 0 aliphatic carbocycles. The molecule has 20 heavy (non-hydrogen) atoms. The van der Waals surface area contributed by atoms with Gasteiger partial charge in [-0.3, -0.25) is 14.9 Å². The Balaban J connectivity index is 0.00000200. The van der Waals surface area contributed by atoms with Crippen molar-refractivity contribution >= 4 is 24.0 Å². The zero-order chi connectivity index (χ0) is 14.0. The van der Waals surface area contributed by atoms with Gasteiger partial charge in [-0.2, -0.15) is 0 Å². The van der Waals surface area contributed by atoms with Gasteiger partial charge in [0, 0.05) is 25.2 Å². The average molecular weight is 304 g/mol. The molecule has 6 nitrogen and oxygen atoms in total. The van der Waals surface area contributed by atoms with E-state index in [9.17, 15) is 19.3 Å². The molecule has 1 heterocycles. The van der Waals surface area contributed by atoms with E-state index in [1.807, 2.05) is 0 Å². The number of piperidine rings is 1. The average Bonchev–Trinajstić information content (AvgIpc) is 2.38. The van der Waals surface area contributed by atoms with Crippen molar-refractivity contribution in [3.63, 3.8) is 0 Å². The predicted octanol–water partition coefficient (Wildman–Crippen LogP) is 1.72. The number of amides is 1. The SMILES string of the molecule is Cl.NC1CCN(C(=O)c2ccc([N+](=O)[O-])cc2F)CC1. The summed E-state index contributed by atoms with van der Waals surface area (Å²) in [5.74, 6) is -1.31. The molecule has 1 aromatic carbocycles. The molecule has 1 amide bonds. The van der Waals surface area contributed by atoms with Crippen molar-refractivity contribution in [1.29, 1.82) is 0 Å². The minimum atomic E-state index is -0.867. The molecule has 2 N–H and O–H groups in total. The van der Waals surface area contributed by atoms with Crippen molar-refractivity contribution < 1.29 is 14.1 Å². The summed E-state index contributed by atoms with van der Waals surface area (Å²) >= 11 is 0. The minimum absolute atomic E-state index is 0. The van der Waals surface area contributed by atoms with Crippen LogP contribution in [-0.4, -0.2) is 34.9 Å². The maximum atomic E-state index is 13.7. The molecule has 0 bridgehead atoms. The lowest BCUT2D eigenvalue weighted by molar-refractivity contribution is -0.385. The molecule has 110 valence electrons. The fraction of sp³-hybridized carbons (Fsp3) is 0.417. The summed E-state index contributed by atoms with van der Waals surface area (Å²) in [7, 11) is 0. The van der Waals surface area contributed by atoms with E-state index >= 15 is 0 Å². The number of likely N-dealkylation sites (tertiary alicyclic amines) is 1. The molecular weight excluding hydrogens is 289 g/mol. The largest absolute Gasteiger partial charge is 0.338 e. The summed E-state index contributed by atoms with van der Waals surface area (Å²) < 4.78 is 13.7. The molecule has 0 unspecified atom stereocenters. The number of hydrogen-bond acceptors (Lipinski definition) is 4. The summed E-state index contributed by atoms with van der Waals surface area (Å²) in [6.45, 7) is 0.965. The first kappa shape index (κ1) is 16.3. The van der Waals surface area contributed by atoms with Gasteiger partial charge in [0.15, 0.2) is 0 Å². The van der Waals surface area contributed by atoms with Crippen LogP contribution in [0.3, 0.4) is 0 Å². The third kappa shape index (κ3) is 3.43. The van der Waals surface area contributed by atoms with Crippen LogP contribution in [0.1, 0.15) is 23.2 Å². The first-order chi connectivity index (χ1) is 8.99. The Morgan fingerprint density at radius 3 is 2.50 bits per heavy atom. The maximum absolute atomic E-state index is 13.7. The van der Waals surface area contributed by atoms with Gasteiger partial charge in [-0.15, -0.1) is 12.4 Å². The summed E-state index contributed by atoms with van der Waals surface area (Å²) in [5, 5.41) is 10.5. The van der Waals surface area contributed by atoms with E-state index in [0.717, 1.165) is 18.2 Å². The van der Waals surface area contributed by atoms with Gasteiger partial charge in [0.1, 0.15) is 5.82 Å². The van der Waals surface area contributed by atoms with Gasteiger partial charge in [0.05, 0.1) is 16.6 Å². The molecule has 1 aliphatic rings. The minimum Gasteiger partial charge on any atom is -0.338 e. The lowest BCUT2D eigenvalue weighted by Gasteiger charge is -2.30. The number of rotatable bonds is 2. The summed E-state index contributed by atoms with van der Waals surface area (Å²) in [4.78, 5) is 23.4. The number of carbonyl (C=O) groups is 1. The number of hydrogen-bond donors (Lipinski definition) is 1. The Hall–Kier alpha value is -1.73. The normalized spacial score (nSPS) is 15.6. The number of nitro groups is 1. The van der Waals surface area contributed by atoms with Gasteiger partial charge < -0.3 is 10.6 Å². The molecule has 0 spiro atoms. The van der Waals surface area contributed by atoms with E-state index in [1.165, 1.54) is 4.90 Å². The van der Waals surface area contributed by atoms with E-state index in [4.69, 9.17) is 5.73 Å². The molecule has 1 saturated heterocycles. The Kier molecular flexibility index (Phi) is 5.41. The van der Waals surface area contributed by atoms with Gasteiger partial charge in [-0.25, -0.2) is 4.39 Å². The summed E-state index contributed by atoms with van der Waals surface area (Å²) in [6.07, 6.45) is 1.36. The Morgan fingerprint density at radius 1 is 1.40 bits per heavy atom. The zero-order valence-corrected chi connectivity index (χ0v) is 11.4. The van der Waals surface area contributed by atoms with Crippen molar-refractivity contribution in [1.82, 2.24) is 4.90 Å². The number of nitrogens with zero attached hydrogens (tertiary/aromatic N) is 2. The highest BCUT2D eigenvalue weighted by atomic mass is 35.5. The lowest BCUT2D eigenvalue weighted by atomic mass is 10.0. The first-order valence-corrected chi connectivity index (χ1v) is 5.98. The second kappa shape index (κ2) is 6.62. The third-order valence-corrected chi connectivity index (χ3v) is 3.22. The van der Waals surface area contributed by atoms with Crippen LogP contribution >= 0.6 is 12.4 Å². The fourth-order valence-corrected chi connectivity index (χ4v) is 2.06. The number of halogens is 2. The number of carbonyl (C=O) groups excluding carboxylic acids is 1. The van der Waals surface area contributed by atoms with Crippen LogP contribution in [-0.2, 0) is 0 Å². The number of non-ortho nitro benzene ring substituents is 1. The van der Waals surface area contributed by atoms with E-state index < -0.39 is 16.6 Å². The van der Waals surface area contributed by atoms with Crippen LogP contribution in [0.25, 0.3) is 0 Å². The van der Waals surface area contributed by atoms with Crippen LogP contribution in [0.15, 0.2) is 18.2 Å². The summed E-state index contributed by atoms with van der Waals surface area (Å²) in [5.41, 5.74) is 5.23. The van der Waals surface area contributed by atoms with Crippen LogP contribution in [0.4, 0.5) is 10.1 Å². The van der Waals surface area contributed by atoms with Gasteiger partial charge in [0.25, 0.3) is 11.6 Å². The Bertz CT molecular complexity index is 519. The Labute approximate surface area is 121 Å². The highest BCUT2D eigenvalue weighted by Gasteiger charge is 2.24. The standard InChI is InChI=1S/C12H14FN3O3.ClH/c13-11-7-9(16(18)19)1-2-10(11)12(17)15-5-3-8(14)4-6-15;/h1-2,7-8H,3-6,14H2;1H. The van der Waals surface area contributed by atoms with Crippen molar-refractivity contribution in [2.24, 2.45) is 5.73 Å². The fourth-order valence-electron chi connectivity index (χ4n) is 2.06. The van der Waals surface area contributed by atoms with Crippen LogP contribution in [0.2, 0.25) is 0 Å². The van der Waals surface area contributed by atoms with Gasteiger partial charge >= 0.3 is 0 Å². The second-order valence-corrected chi connectivity index (χ2v) is 4.55. The molecule has 0 aromatic heterocycles. The van der Waals surface area contributed by atoms with E-state index in [0.29, 0.717) is 25.9 Å². The molecule has 8 heteroatoms. The van der Waals surface area contributed by atoms with Gasteiger partial charge in [-0.05, 0) is 18.9 Å². The van der Waals surface area contributed by atoms with Gasteiger partial charge in [0.2, 0.25) is 0 Å². The lowest BCUT2D eigenvalue weighted by Crippen LogP contribution is -2.43. The van der Waals surface area contributed by atoms with Crippen LogP contribution in [0.5, 0.6) is 0 Å². The molecule has 1 aliphatic heterocycles. The molecular formula is C12H15ClFN3O3. The molecule has 0 saturated carbocycles. The molecule has 2 rings (SSSR count). The third-order valence-electron chi connectivity index (χ3n) is 3.22. The summed E-state index contributed by atoms with van der Waals surface area (Å²) in [6, 6.07) is 3.13. The highest BCUT2D eigenvalue weighted by molar-refractivity contribution is 5.94. The maximum Gasteiger partial charge on any atom is 0.272 e. The number of benzene rings is 1. The molecule has 0 atom stereocenters. The second-order valence-electron chi connectivity index (χ2n) is 4.55. The molecule has 1 fully saturated rings. The molecule has 0 radical (unpaired) electrons. The monoisotopic (exact) mass is 303 g/mol. The van der Waals surface area contributed by atoms with E-state index in [2.05, 4.69) is 0 Å². The quantitative estimate of drug-likeness (QED) is 0.665. The van der Waals surface area contributed by atoms with Crippen LogP contribution in [0, 0.1) is 15.9 Å². The van der Waals surface area contributed by atoms with E-state index in [-0.39, 0.29) is 29.7 Å². The highest BCUT2D eigenvalue weighted by Crippen LogP contribution is 2.19. The number of nitrogens with two attached hydrogens (primary N) is 1. The van der Waals surface area contributed by atoms with Crippen molar-refractivity contribution in [2.75, 3.05) is 13.1 Å².